The molecule has 1 heterocycles. The molecule has 0 spiro atoms. The van der Waals surface area contributed by atoms with Crippen LogP contribution in [0.1, 0.15) is 20.3 Å². The van der Waals surface area contributed by atoms with Gasteiger partial charge in [-0.2, -0.15) is 9.78 Å². The number of nitrogens with one attached hydrogen (secondary N) is 1. The summed E-state index contributed by atoms with van der Waals surface area (Å²) in [5, 5.41) is 7.70. The van der Waals surface area contributed by atoms with Crippen molar-refractivity contribution in [3.63, 3.8) is 0 Å². The monoisotopic (exact) mass is 455 g/mol. The van der Waals surface area contributed by atoms with Crippen LogP contribution in [0.3, 0.4) is 0 Å². The van der Waals surface area contributed by atoms with Gasteiger partial charge in [-0.15, -0.1) is 0 Å². The average Bonchev–Trinajstić information content (AvgIpc) is 3.23. The molecule has 0 aliphatic heterocycles. The standard InChI is InChI=1S/C27H25N3O4/c1-4-24(32)28-21-15-13-19(14-16-21)25-26(20-9-8-12-23(17-20)33-3)29-30(27(25)34-18(2)31)22-10-6-5-7-11-22/h5-17H,4H2,1-3H3,(H,28,32). The Kier molecular flexibility index (Phi) is 6.73. The number of carbonyl (C=O) groups excluding carboxylic acids is 2. The SMILES string of the molecule is CCC(=O)Nc1ccc(-c2c(-c3cccc(OC)c3)nn(-c3ccccc3)c2OC(C)=O)cc1. The first kappa shape index (κ1) is 22.8. The molecule has 7 nitrogen and oxygen atoms in total. The Bertz CT molecular complexity index is 1310. The van der Waals surface area contributed by atoms with Crippen LogP contribution in [-0.2, 0) is 9.59 Å². The van der Waals surface area contributed by atoms with E-state index >= 15 is 0 Å². The van der Waals surface area contributed by atoms with Crippen LogP contribution >= 0.6 is 0 Å². The van der Waals surface area contributed by atoms with Gasteiger partial charge < -0.3 is 14.8 Å². The molecule has 34 heavy (non-hydrogen) atoms. The lowest BCUT2D eigenvalue weighted by Gasteiger charge is -2.10. The molecule has 0 saturated heterocycles. The smallest absolute Gasteiger partial charge is 0.309 e. The number of rotatable bonds is 7. The normalized spacial score (nSPS) is 10.6. The highest BCUT2D eigenvalue weighted by Crippen LogP contribution is 2.41. The number of hydrogen-bond acceptors (Lipinski definition) is 5. The first-order valence-corrected chi connectivity index (χ1v) is 10.9. The third-order valence-electron chi connectivity index (χ3n) is 5.21. The summed E-state index contributed by atoms with van der Waals surface area (Å²) in [6.45, 7) is 3.16. The second-order valence-electron chi connectivity index (χ2n) is 7.58. The highest BCUT2D eigenvalue weighted by molar-refractivity contribution is 5.92. The molecule has 0 bridgehead atoms. The predicted octanol–water partition coefficient (Wildman–Crippen LogP) is 5.49. The largest absolute Gasteiger partial charge is 0.497 e. The lowest BCUT2D eigenvalue weighted by atomic mass is 10.0. The molecule has 0 saturated carbocycles. The van der Waals surface area contributed by atoms with Gasteiger partial charge in [-0.25, -0.2) is 0 Å². The second kappa shape index (κ2) is 10.0. The number of esters is 1. The molecule has 0 radical (unpaired) electrons. The molecule has 0 atom stereocenters. The van der Waals surface area contributed by atoms with Crippen LogP contribution in [0.4, 0.5) is 5.69 Å². The first-order valence-electron chi connectivity index (χ1n) is 10.9. The molecule has 0 aliphatic rings. The summed E-state index contributed by atoms with van der Waals surface area (Å²) in [7, 11) is 1.61. The topological polar surface area (TPSA) is 82.4 Å². The molecule has 4 rings (SSSR count). The van der Waals surface area contributed by atoms with Crippen molar-refractivity contribution in [3.8, 4) is 39.7 Å². The van der Waals surface area contributed by atoms with E-state index in [1.54, 1.807) is 18.7 Å². The van der Waals surface area contributed by atoms with E-state index in [4.69, 9.17) is 14.6 Å². The predicted molar refractivity (Wildman–Crippen MR) is 131 cm³/mol. The zero-order valence-corrected chi connectivity index (χ0v) is 19.2. The quantitative estimate of drug-likeness (QED) is 0.373. The van der Waals surface area contributed by atoms with Gasteiger partial charge in [-0.05, 0) is 42.0 Å². The number of hydrogen-bond donors (Lipinski definition) is 1. The Balaban J connectivity index is 1.94. The number of methoxy groups -OCH3 is 1. The van der Waals surface area contributed by atoms with E-state index in [-0.39, 0.29) is 5.91 Å². The summed E-state index contributed by atoms with van der Waals surface area (Å²) in [6, 6.07) is 24.4. The fraction of sp³-hybridized carbons (Fsp3) is 0.148. The van der Waals surface area contributed by atoms with Crippen LogP contribution < -0.4 is 14.8 Å². The summed E-state index contributed by atoms with van der Waals surface area (Å²) >= 11 is 0. The fourth-order valence-corrected chi connectivity index (χ4v) is 3.58. The van der Waals surface area contributed by atoms with Crippen LogP contribution in [-0.4, -0.2) is 28.8 Å². The molecular formula is C27H25N3O4. The summed E-state index contributed by atoms with van der Waals surface area (Å²) in [5.74, 6) is 0.468. The summed E-state index contributed by atoms with van der Waals surface area (Å²) in [5.41, 5.74) is 4.31. The maximum atomic E-state index is 12.1. The van der Waals surface area contributed by atoms with Crippen molar-refractivity contribution in [1.82, 2.24) is 9.78 Å². The van der Waals surface area contributed by atoms with Crippen molar-refractivity contribution < 1.29 is 19.1 Å². The minimum atomic E-state index is -0.456. The highest BCUT2D eigenvalue weighted by atomic mass is 16.5. The number of aromatic nitrogens is 2. The molecule has 1 aromatic heterocycles. The maximum Gasteiger partial charge on any atom is 0.309 e. The van der Waals surface area contributed by atoms with Crippen LogP contribution in [0.5, 0.6) is 11.6 Å². The molecule has 0 unspecified atom stereocenters. The van der Waals surface area contributed by atoms with E-state index in [0.29, 0.717) is 35.0 Å². The molecule has 172 valence electrons. The van der Waals surface area contributed by atoms with Crippen LogP contribution in [0.2, 0.25) is 0 Å². The molecule has 0 aliphatic carbocycles. The van der Waals surface area contributed by atoms with Crippen molar-refractivity contribution in [2.24, 2.45) is 0 Å². The Labute approximate surface area is 197 Å². The van der Waals surface area contributed by atoms with Crippen LogP contribution in [0.15, 0.2) is 78.9 Å². The van der Waals surface area contributed by atoms with E-state index in [1.807, 2.05) is 78.9 Å². The summed E-state index contributed by atoms with van der Waals surface area (Å²) in [4.78, 5) is 23.9. The Hall–Kier alpha value is -4.39. The molecule has 0 fully saturated rings. The number of anilines is 1. The minimum absolute atomic E-state index is 0.0673. The van der Waals surface area contributed by atoms with Crippen LogP contribution in [0, 0.1) is 0 Å². The number of nitrogens with zero attached hydrogens (tertiary/aromatic N) is 2. The summed E-state index contributed by atoms with van der Waals surface area (Å²) in [6.07, 6.45) is 0.391. The second-order valence-corrected chi connectivity index (χ2v) is 7.58. The van der Waals surface area contributed by atoms with E-state index < -0.39 is 5.97 Å². The van der Waals surface area contributed by atoms with Crippen molar-refractivity contribution in [2.75, 3.05) is 12.4 Å². The van der Waals surface area contributed by atoms with Crippen LogP contribution in [0.25, 0.3) is 28.1 Å². The Morgan fingerprint density at radius 1 is 0.941 bits per heavy atom. The average molecular weight is 456 g/mol. The lowest BCUT2D eigenvalue weighted by molar-refractivity contribution is -0.132. The van der Waals surface area contributed by atoms with Crippen molar-refractivity contribution in [1.29, 1.82) is 0 Å². The van der Waals surface area contributed by atoms with E-state index in [9.17, 15) is 9.59 Å². The number of carbonyl (C=O) groups is 2. The maximum absolute atomic E-state index is 12.1. The number of ether oxygens (including phenoxy) is 2. The number of benzene rings is 3. The molecular weight excluding hydrogens is 430 g/mol. The third kappa shape index (κ3) is 4.83. The third-order valence-corrected chi connectivity index (χ3v) is 5.21. The Morgan fingerprint density at radius 3 is 2.32 bits per heavy atom. The zero-order chi connectivity index (χ0) is 24.1. The minimum Gasteiger partial charge on any atom is -0.497 e. The van der Waals surface area contributed by atoms with Gasteiger partial charge in [0.1, 0.15) is 11.4 Å². The molecule has 1 N–H and O–H groups in total. The fourth-order valence-electron chi connectivity index (χ4n) is 3.58. The molecule has 1 amide bonds. The van der Waals surface area contributed by atoms with E-state index in [0.717, 1.165) is 16.8 Å². The number of para-hydroxylation sites is 1. The molecule has 3 aromatic carbocycles. The van der Waals surface area contributed by atoms with Gasteiger partial charge in [-0.1, -0.05) is 49.4 Å². The van der Waals surface area contributed by atoms with Gasteiger partial charge in [0.2, 0.25) is 11.8 Å². The van der Waals surface area contributed by atoms with E-state index in [2.05, 4.69) is 5.32 Å². The summed E-state index contributed by atoms with van der Waals surface area (Å²) < 4.78 is 12.8. The molecule has 4 aromatic rings. The van der Waals surface area contributed by atoms with Gasteiger partial charge in [0.15, 0.2) is 0 Å². The lowest BCUT2D eigenvalue weighted by Crippen LogP contribution is -2.09. The van der Waals surface area contributed by atoms with Gasteiger partial charge >= 0.3 is 5.97 Å². The van der Waals surface area contributed by atoms with Crippen molar-refractivity contribution in [2.45, 2.75) is 20.3 Å². The first-order chi connectivity index (χ1) is 16.5. The van der Waals surface area contributed by atoms with Crippen molar-refractivity contribution >= 4 is 17.6 Å². The van der Waals surface area contributed by atoms with Gasteiger partial charge in [0.05, 0.1) is 18.4 Å². The van der Waals surface area contributed by atoms with Gasteiger partial charge in [-0.3, -0.25) is 9.59 Å². The van der Waals surface area contributed by atoms with Gasteiger partial charge in [0, 0.05) is 24.6 Å². The molecule has 7 heteroatoms. The van der Waals surface area contributed by atoms with E-state index in [1.165, 1.54) is 6.92 Å². The zero-order valence-electron chi connectivity index (χ0n) is 19.2. The van der Waals surface area contributed by atoms with Crippen molar-refractivity contribution in [3.05, 3.63) is 78.9 Å². The highest BCUT2D eigenvalue weighted by Gasteiger charge is 2.24. The number of amides is 1. The van der Waals surface area contributed by atoms with Gasteiger partial charge in [0.25, 0.3) is 0 Å². The Morgan fingerprint density at radius 2 is 1.68 bits per heavy atom.